The average Bonchev–Trinajstić information content (AvgIpc) is 3.56. The number of nitrogens with one attached hydrogen (secondary N) is 3. The van der Waals surface area contributed by atoms with E-state index in [1.165, 1.54) is 0 Å². The molecule has 2 aliphatic rings. The van der Waals surface area contributed by atoms with E-state index in [1.807, 2.05) is 100 Å². The van der Waals surface area contributed by atoms with E-state index in [1.54, 1.807) is 30.6 Å². The number of carbonyl (C=O) groups is 5. The molecule has 12 nitrogen and oxygen atoms in total. The Labute approximate surface area is 299 Å². The number of benzene rings is 3. The van der Waals surface area contributed by atoms with Crippen LogP contribution in [0.5, 0.6) is 0 Å². The summed E-state index contributed by atoms with van der Waals surface area (Å²) in [6.07, 6.45) is -1.08. The minimum absolute atomic E-state index is 0.0147. The van der Waals surface area contributed by atoms with Crippen molar-refractivity contribution in [3.05, 3.63) is 78.4 Å². The van der Waals surface area contributed by atoms with Crippen molar-refractivity contribution in [3.63, 3.8) is 0 Å². The smallest absolute Gasteiger partial charge is 0.408 e. The van der Waals surface area contributed by atoms with Gasteiger partial charge in [-0.05, 0) is 56.5 Å². The second kappa shape index (κ2) is 14.6. The fraction of sp³-hybridized carbons (Fsp3) is 0.462. The van der Waals surface area contributed by atoms with Gasteiger partial charge in [0.15, 0.2) is 0 Å². The molecule has 3 N–H and O–H groups in total. The number of likely N-dealkylation sites (tertiary alicyclic amines) is 2. The summed E-state index contributed by atoms with van der Waals surface area (Å²) < 4.78 is 10.8. The highest BCUT2D eigenvalue weighted by Crippen LogP contribution is 2.46. The van der Waals surface area contributed by atoms with Gasteiger partial charge in [-0.2, -0.15) is 0 Å². The Bertz CT molecular complexity index is 1780. The lowest BCUT2D eigenvalue weighted by Crippen LogP contribution is -2.62. The highest BCUT2D eigenvalue weighted by molar-refractivity contribution is 6.04. The highest BCUT2D eigenvalue weighted by atomic mass is 16.6. The average molecular weight is 700 g/mol. The van der Waals surface area contributed by atoms with Crippen LogP contribution >= 0.6 is 0 Å². The van der Waals surface area contributed by atoms with Gasteiger partial charge in [0.1, 0.15) is 24.8 Å². The van der Waals surface area contributed by atoms with E-state index in [-0.39, 0.29) is 38.1 Å². The molecule has 2 fully saturated rings. The van der Waals surface area contributed by atoms with E-state index in [9.17, 15) is 24.0 Å². The molecule has 0 spiro atoms. The van der Waals surface area contributed by atoms with Crippen LogP contribution in [0.25, 0.3) is 10.8 Å². The molecule has 0 aliphatic carbocycles. The molecule has 3 aromatic rings. The lowest BCUT2D eigenvalue weighted by atomic mass is 9.81. The molecule has 5 amide bonds. The lowest BCUT2D eigenvalue weighted by molar-refractivity contribution is -0.143. The number of anilines is 1. The van der Waals surface area contributed by atoms with Crippen LogP contribution in [-0.4, -0.2) is 82.6 Å². The summed E-state index contributed by atoms with van der Waals surface area (Å²) in [5.74, 6) is -1.98. The lowest BCUT2D eigenvalue weighted by Gasteiger charge is -2.43. The fourth-order valence-electron chi connectivity index (χ4n) is 7.14. The molecule has 272 valence electrons. The van der Waals surface area contributed by atoms with Gasteiger partial charge in [0.25, 0.3) is 0 Å². The first-order valence-electron chi connectivity index (χ1n) is 17.3. The maximum absolute atomic E-state index is 14.6. The first kappa shape index (κ1) is 37.1. The molecule has 5 rings (SSSR count). The first-order chi connectivity index (χ1) is 24.0. The van der Waals surface area contributed by atoms with Gasteiger partial charge in [-0.3, -0.25) is 14.4 Å². The standard InChI is InChI=1S/C39H49N5O7/c1-37(2,3)32(42-36(49)51-38(4,5)6)34(47)44-21-20-30-39(44,7)28(33(46)41-29-19-13-17-26-16-11-12-18-27(26)29)23-43(30)31(45)22-40-35(48)50-24-25-14-9-8-10-15-25/h8-19,28,30,32H,20-24H2,1-7H3,(H,40,48)(H,41,46)(H,42,49). The van der Waals surface area contributed by atoms with Crippen molar-refractivity contribution < 1.29 is 33.4 Å². The quantitative estimate of drug-likeness (QED) is 0.283. The summed E-state index contributed by atoms with van der Waals surface area (Å²) in [4.78, 5) is 71.5. The number of hydrogen-bond acceptors (Lipinski definition) is 7. The van der Waals surface area contributed by atoms with Gasteiger partial charge in [0.05, 0.1) is 17.5 Å². The predicted molar refractivity (Wildman–Crippen MR) is 194 cm³/mol. The Balaban J connectivity index is 1.41. The summed E-state index contributed by atoms with van der Waals surface area (Å²) in [6.45, 7) is 12.6. The first-order valence-corrected chi connectivity index (χ1v) is 17.3. The molecular weight excluding hydrogens is 650 g/mol. The van der Waals surface area contributed by atoms with Crippen LogP contribution in [0.1, 0.15) is 60.5 Å². The highest BCUT2D eigenvalue weighted by Gasteiger charge is 2.63. The van der Waals surface area contributed by atoms with Crippen molar-refractivity contribution in [3.8, 4) is 0 Å². The molecule has 4 atom stereocenters. The Morgan fingerprint density at radius 3 is 2.24 bits per heavy atom. The molecule has 51 heavy (non-hydrogen) atoms. The molecule has 2 saturated heterocycles. The van der Waals surface area contributed by atoms with E-state index in [0.717, 1.165) is 16.3 Å². The number of amides is 5. The van der Waals surface area contributed by atoms with Gasteiger partial charge >= 0.3 is 12.2 Å². The minimum Gasteiger partial charge on any atom is -0.445 e. The van der Waals surface area contributed by atoms with E-state index in [4.69, 9.17) is 9.47 Å². The van der Waals surface area contributed by atoms with E-state index < -0.39 is 52.7 Å². The van der Waals surface area contributed by atoms with Crippen LogP contribution in [0, 0.1) is 11.3 Å². The third kappa shape index (κ3) is 8.27. The third-order valence-corrected chi connectivity index (χ3v) is 9.66. The number of nitrogens with zero attached hydrogens (tertiary/aromatic N) is 2. The second-order valence-electron chi connectivity index (χ2n) is 15.5. The molecule has 0 radical (unpaired) electrons. The van der Waals surface area contributed by atoms with Crippen molar-refractivity contribution in [2.75, 3.05) is 25.0 Å². The summed E-state index contributed by atoms with van der Waals surface area (Å²) in [5, 5.41) is 10.2. The number of rotatable bonds is 8. The molecule has 2 aliphatic heterocycles. The number of hydrogen-bond donors (Lipinski definition) is 3. The molecule has 3 aromatic carbocycles. The van der Waals surface area contributed by atoms with Gasteiger partial charge in [-0.1, -0.05) is 87.5 Å². The van der Waals surface area contributed by atoms with E-state index in [2.05, 4.69) is 16.0 Å². The van der Waals surface area contributed by atoms with Gasteiger partial charge < -0.3 is 35.2 Å². The molecule has 0 aromatic heterocycles. The normalized spacial score (nSPS) is 20.7. The van der Waals surface area contributed by atoms with Gasteiger partial charge in [0, 0.05) is 24.2 Å². The molecular formula is C39H49N5O7. The second-order valence-corrected chi connectivity index (χ2v) is 15.5. The van der Waals surface area contributed by atoms with Crippen LogP contribution < -0.4 is 16.0 Å². The largest absolute Gasteiger partial charge is 0.445 e. The molecule has 4 unspecified atom stereocenters. The number of fused-ring (bicyclic) bond motifs is 2. The SMILES string of the molecule is CC(C)(C)OC(=O)NC(C(=O)N1CCC2N(C(=O)CNC(=O)OCc3ccccc3)CC(C(=O)Nc3cccc4ccccc34)C21C)C(C)(C)C. The van der Waals surface area contributed by atoms with Crippen LogP contribution in [-0.2, 0) is 30.5 Å². The van der Waals surface area contributed by atoms with Crippen molar-refractivity contribution in [2.45, 2.75) is 84.7 Å². The number of alkyl carbamates (subject to hydrolysis) is 2. The zero-order valence-corrected chi connectivity index (χ0v) is 30.4. The topological polar surface area (TPSA) is 146 Å². The Morgan fingerprint density at radius 2 is 1.55 bits per heavy atom. The van der Waals surface area contributed by atoms with Crippen LogP contribution in [0.15, 0.2) is 72.8 Å². The third-order valence-electron chi connectivity index (χ3n) is 9.66. The van der Waals surface area contributed by atoms with Crippen molar-refractivity contribution in [1.82, 2.24) is 20.4 Å². The summed E-state index contributed by atoms with van der Waals surface area (Å²) in [6, 6.07) is 21.0. The van der Waals surface area contributed by atoms with Crippen LogP contribution in [0.3, 0.4) is 0 Å². The van der Waals surface area contributed by atoms with Crippen molar-refractivity contribution in [1.29, 1.82) is 0 Å². The fourth-order valence-corrected chi connectivity index (χ4v) is 7.14. The molecule has 12 heteroatoms. The minimum atomic E-state index is -1.14. The summed E-state index contributed by atoms with van der Waals surface area (Å²) in [7, 11) is 0. The van der Waals surface area contributed by atoms with Gasteiger partial charge in [-0.15, -0.1) is 0 Å². The monoisotopic (exact) mass is 699 g/mol. The maximum atomic E-state index is 14.6. The Kier molecular flexibility index (Phi) is 10.6. The van der Waals surface area contributed by atoms with Gasteiger partial charge in [0.2, 0.25) is 17.7 Å². The summed E-state index contributed by atoms with van der Waals surface area (Å²) >= 11 is 0. The van der Waals surface area contributed by atoms with E-state index >= 15 is 0 Å². The van der Waals surface area contributed by atoms with Crippen molar-refractivity contribution in [2.24, 2.45) is 11.3 Å². The number of ether oxygens (including phenoxy) is 2. The van der Waals surface area contributed by atoms with E-state index in [0.29, 0.717) is 12.1 Å². The van der Waals surface area contributed by atoms with Crippen LogP contribution in [0.4, 0.5) is 15.3 Å². The van der Waals surface area contributed by atoms with Gasteiger partial charge in [-0.25, -0.2) is 9.59 Å². The van der Waals surface area contributed by atoms with Crippen LogP contribution in [0.2, 0.25) is 0 Å². The summed E-state index contributed by atoms with van der Waals surface area (Å²) in [5.41, 5.74) is -1.23. The molecule has 2 heterocycles. The zero-order valence-electron chi connectivity index (χ0n) is 30.4. The number of carbonyl (C=O) groups excluding carboxylic acids is 5. The Hall–Kier alpha value is -5.13. The molecule has 0 saturated carbocycles. The maximum Gasteiger partial charge on any atom is 0.408 e. The zero-order chi connectivity index (χ0) is 37.1. The van der Waals surface area contributed by atoms with Crippen molar-refractivity contribution >= 4 is 46.4 Å². The molecule has 0 bridgehead atoms. The predicted octanol–water partition coefficient (Wildman–Crippen LogP) is 5.46. The Morgan fingerprint density at radius 1 is 0.882 bits per heavy atom.